The van der Waals surface area contributed by atoms with Crippen LogP contribution in [0.3, 0.4) is 0 Å². The first kappa shape index (κ1) is 29.2. The summed E-state index contributed by atoms with van der Waals surface area (Å²) in [6.07, 6.45) is -7.21. The minimum atomic E-state index is -1.73. The summed E-state index contributed by atoms with van der Waals surface area (Å²) in [5.41, 5.74) is 1.38. The molecule has 0 bridgehead atoms. The molecule has 0 radical (unpaired) electrons. The van der Waals surface area contributed by atoms with Gasteiger partial charge in [0.15, 0.2) is 23.9 Å². The van der Waals surface area contributed by atoms with Gasteiger partial charge in [-0.1, -0.05) is 36.4 Å². The van der Waals surface area contributed by atoms with Gasteiger partial charge >= 0.3 is 5.97 Å². The van der Waals surface area contributed by atoms with Gasteiger partial charge in [-0.15, -0.1) is 0 Å². The summed E-state index contributed by atoms with van der Waals surface area (Å²) in [5.74, 6) is -1.93. The van der Waals surface area contributed by atoms with E-state index in [0.717, 1.165) is 11.6 Å². The minimum absolute atomic E-state index is 0.0249. The molecule has 2 heterocycles. The zero-order valence-electron chi connectivity index (χ0n) is 22.1. The highest BCUT2D eigenvalue weighted by Crippen LogP contribution is 2.44. The number of phenols is 4. The maximum Gasteiger partial charge on any atom is 0.330 e. The number of carbonyl (C=O) groups is 1. The van der Waals surface area contributed by atoms with E-state index in [9.17, 15) is 40.5 Å². The number of esters is 1. The van der Waals surface area contributed by atoms with Crippen molar-refractivity contribution in [3.8, 4) is 28.7 Å². The van der Waals surface area contributed by atoms with Gasteiger partial charge in [-0.2, -0.15) is 0 Å². The van der Waals surface area contributed by atoms with Gasteiger partial charge in [0, 0.05) is 30.2 Å². The molecule has 1 saturated heterocycles. The van der Waals surface area contributed by atoms with Crippen molar-refractivity contribution in [1.29, 1.82) is 0 Å². The van der Waals surface area contributed by atoms with Gasteiger partial charge in [0.25, 0.3) is 0 Å². The number of aliphatic hydroxyl groups is 3. The van der Waals surface area contributed by atoms with E-state index in [1.54, 1.807) is 30.3 Å². The largest absolute Gasteiger partial charge is 0.508 e. The van der Waals surface area contributed by atoms with Crippen LogP contribution in [0.4, 0.5) is 0 Å². The van der Waals surface area contributed by atoms with Crippen molar-refractivity contribution in [2.45, 2.75) is 49.3 Å². The molecule has 0 aliphatic carbocycles. The molecule has 2 aliphatic heterocycles. The van der Waals surface area contributed by atoms with Crippen molar-refractivity contribution in [2.75, 3.05) is 6.61 Å². The van der Waals surface area contributed by atoms with E-state index in [1.807, 2.05) is 6.07 Å². The SMILES string of the molecule is O=C(/C=C/c1ccccc1)OC[C@H]1O[C@@H](O[C@H]2Cc3c(O)cc(O)cc3O[C@@H]2c2ccc(O)c(O)c2)[C@H](O)[C@@H](O)[C@@H]1O. The summed E-state index contributed by atoms with van der Waals surface area (Å²) < 4.78 is 23.0. The molecule has 3 aromatic carbocycles. The van der Waals surface area contributed by atoms with E-state index in [0.29, 0.717) is 5.56 Å². The van der Waals surface area contributed by atoms with Gasteiger partial charge in [0.2, 0.25) is 0 Å². The second-order valence-corrected chi connectivity index (χ2v) is 10.00. The molecule has 0 saturated carbocycles. The number of rotatable bonds is 7. The Balaban J connectivity index is 1.34. The molecule has 1 fully saturated rings. The standard InChI is InChI=1S/C30H30O12/c31-17-11-20(33)18-13-23(29(40-22(18)12-17)16-7-8-19(32)21(34)10-16)41-30-28(38)27(37)26(36)24(42-30)14-39-25(35)9-6-15-4-2-1-3-5-15/h1-12,23-24,26-34,36-38H,13-14H2/b9-6+/t23-,24+,26+,27-,28+,29+,30+/m0/s1. The number of fused-ring (bicyclic) bond motifs is 1. The molecule has 12 nitrogen and oxygen atoms in total. The molecule has 42 heavy (non-hydrogen) atoms. The molecule has 7 N–H and O–H groups in total. The van der Waals surface area contributed by atoms with Crippen LogP contribution < -0.4 is 4.74 Å². The average Bonchev–Trinajstić information content (AvgIpc) is 2.97. The minimum Gasteiger partial charge on any atom is -0.508 e. The number of hydrogen-bond acceptors (Lipinski definition) is 12. The summed E-state index contributed by atoms with van der Waals surface area (Å²) in [6, 6.07) is 15.4. The summed E-state index contributed by atoms with van der Waals surface area (Å²) >= 11 is 0. The van der Waals surface area contributed by atoms with Gasteiger partial charge in [0.05, 0.1) is 0 Å². The topological polar surface area (TPSA) is 196 Å². The Labute approximate surface area is 239 Å². The Morgan fingerprint density at radius 1 is 0.881 bits per heavy atom. The number of hydrogen-bond donors (Lipinski definition) is 7. The van der Waals surface area contributed by atoms with Crippen LogP contribution in [0.5, 0.6) is 28.7 Å². The first-order chi connectivity index (χ1) is 20.1. The Bertz CT molecular complexity index is 1440. The second kappa shape index (κ2) is 12.3. The molecular weight excluding hydrogens is 552 g/mol. The predicted octanol–water partition coefficient (Wildman–Crippen LogP) is 1.63. The number of ether oxygens (including phenoxy) is 4. The normalized spacial score (nSPS) is 27.3. The van der Waals surface area contributed by atoms with Crippen LogP contribution in [0.15, 0.2) is 66.7 Å². The lowest BCUT2D eigenvalue weighted by Crippen LogP contribution is -2.60. The van der Waals surface area contributed by atoms with Crippen LogP contribution >= 0.6 is 0 Å². The zero-order valence-corrected chi connectivity index (χ0v) is 22.1. The van der Waals surface area contributed by atoms with Gasteiger partial charge in [-0.3, -0.25) is 0 Å². The van der Waals surface area contributed by atoms with Gasteiger partial charge in [-0.25, -0.2) is 4.79 Å². The third-order valence-electron chi connectivity index (χ3n) is 7.07. The molecule has 12 heteroatoms. The van der Waals surface area contributed by atoms with Crippen molar-refractivity contribution < 1.29 is 59.5 Å². The van der Waals surface area contributed by atoms with Crippen LogP contribution in [0, 0.1) is 0 Å². The number of carbonyl (C=O) groups excluding carboxylic acids is 1. The van der Waals surface area contributed by atoms with Gasteiger partial charge in [0.1, 0.15) is 54.4 Å². The number of aromatic hydroxyl groups is 4. The molecular formula is C30H30O12. The van der Waals surface area contributed by atoms with Crippen LogP contribution in [0.2, 0.25) is 0 Å². The third-order valence-corrected chi connectivity index (χ3v) is 7.07. The first-order valence-electron chi connectivity index (χ1n) is 13.1. The number of aliphatic hydroxyl groups excluding tert-OH is 3. The van der Waals surface area contributed by atoms with Crippen LogP contribution in [0.25, 0.3) is 6.08 Å². The molecule has 5 rings (SSSR count). The molecule has 0 aromatic heterocycles. The first-order valence-corrected chi connectivity index (χ1v) is 13.1. The van der Waals surface area contributed by atoms with E-state index in [2.05, 4.69) is 0 Å². The van der Waals surface area contributed by atoms with E-state index < -0.39 is 61.2 Å². The van der Waals surface area contributed by atoms with Crippen LogP contribution in [-0.4, -0.2) is 85.1 Å². The Morgan fingerprint density at radius 2 is 1.64 bits per heavy atom. The maximum atomic E-state index is 12.2. The fourth-order valence-corrected chi connectivity index (χ4v) is 4.85. The smallest absolute Gasteiger partial charge is 0.330 e. The summed E-state index contributed by atoms with van der Waals surface area (Å²) in [6.45, 7) is -0.470. The molecule has 0 spiro atoms. The monoisotopic (exact) mass is 582 g/mol. The lowest BCUT2D eigenvalue weighted by Gasteiger charge is -2.43. The molecule has 2 aliphatic rings. The average molecular weight is 583 g/mol. The fourth-order valence-electron chi connectivity index (χ4n) is 4.85. The molecule has 222 valence electrons. The molecule has 3 aromatic rings. The van der Waals surface area contributed by atoms with Crippen molar-refractivity contribution in [2.24, 2.45) is 0 Å². The van der Waals surface area contributed by atoms with Crippen LogP contribution in [0.1, 0.15) is 22.8 Å². The van der Waals surface area contributed by atoms with Crippen molar-refractivity contribution in [3.05, 3.63) is 83.4 Å². The highest BCUT2D eigenvalue weighted by atomic mass is 16.7. The number of phenolic OH excluding ortho intramolecular Hbond substituents is 4. The third kappa shape index (κ3) is 6.27. The number of benzene rings is 3. The van der Waals surface area contributed by atoms with E-state index in [1.165, 1.54) is 30.3 Å². The second-order valence-electron chi connectivity index (χ2n) is 10.00. The summed E-state index contributed by atoms with van der Waals surface area (Å²) in [4.78, 5) is 12.2. The van der Waals surface area contributed by atoms with Crippen molar-refractivity contribution >= 4 is 12.0 Å². The van der Waals surface area contributed by atoms with Gasteiger partial charge < -0.3 is 54.7 Å². The maximum absolute atomic E-state index is 12.2. The quantitative estimate of drug-likeness (QED) is 0.121. The lowest BCUT2D eigenvalue weighted by molar-refractivity contribution is -0.317. The van der Waals surface area contributed by atoms with Gasteiger partial charge in [-0.05, 0) is 29.3 Å². The van der Waals surface area contributed by atoms with Crippen LogP contribution in [-0.2, 0) is 25.4 Å². The molecule has 0 amide bonds. The van der Waals surface area contributed by atoms with E-state index in [4.69, 9.17) is 18.9 Å². The Hall–Kier alpha value is -4.33. The predicted molar refractivity (Wildman–Crippen MR) is 145 cm³/mol. The molecule has 0 unspecified atom stereocenters. The Kier molecular flexibility index (Phi) is 8.52. The van der Waals surface area contributed by atoms with E-state index >= 15 is 0 Å². The fraction of sp³-hybridized carbons (Fsp3) is 0.300. The lowest BCUT2D eigenvalue weighted by atomic mass is 9.93. The van der Waals surface area contributed by atoms with E-state index in [-0.39, 0.29) is 35.0 Å². The highest BCUT2D eigenvalue weighted by Gasteiger charge is 2.47. The molecule has 7 atom stereocenters. The summed E-state index contributed by atoms with van der Waals surface area (Å²) in [7, 11) is 0. The van der Waals surface area contributed by atoms with Crippen molar-refractivity contribution in [1.82, 2.24) is 0 Å². The Morgan fingerprint density at radius 3 is 2.38 bits per heavy atom. The highest BCUT2D eigenvalue weighted by molar-refractivity contribution is 5.87. The van der Waals surface area contributed by atoms with Crippen molar-refractivity contribution in [3.63, 3.8) is 0 Å². The zero-order chi connectivity index (χ0) is 30.0. The summed E-state index contributed by atoms with van der Waals surface area (Å²) in [5, 5.41) is 71.9.